The molecule has 0 aliphatic rings. The van der Waals surface area contributed by atoms with Crippen molar-refractivity contribution in [3.8, 4) is 0 Å². The summed E-state index contributed by atoms with van der Waals surface area (Å²) >= 11 is 3.49. The van der Waals surface area contributed by atoms with E-state index in [1.807, 2.05) is 0 Å². The zero-order chi connectivity index (χ0) is 21.8. The van der Waals surface area contributed by atoms with Gasteiger partial charge >= 0.3 is 0 Å². The predicted octanol–water partition coefficient (Wildman–Crippen LogP) is 6.64. The molecule has 2 N–H and O–H groups in total. The van der Waals surface area contributed by atoms with Crippen molar-refractivity contribution >= 4 is 21.8 Å². The van der Waals surface area contributed by atoms with Crippen molar-refractivity contribution < 1.29 is 9.90 Å². The van der Waals surface area contributed by atoms with Gasteiger partial charge in [-0.1, -0.05) is 84.8 Å². The number of hydrogen-bond donors (Lipinski definition) is 2. The molecule has 0 saturated heterocycles. The highest BCUT2D eigenvalue weighted by atomic mass is 79.9. The van der Waals surface area contributed by atoms with Gasteiger partial charge in [0, 0.05) is 17.8 Å². The van der Waals surface area contributed by atoms with Gasteiger partial charge in [0.15, 0.2) is 0 Å². The van der Waals surface area contributed by atoms with Gasteiger partial charge in [0.2, 0.25) is 5.91 Å². The van der Waals surface area contributed by atoms with Crippen LogP contribution in [0, 0.1) is 5.41 Å². The molecule has 0 saturated carbocycles. The summed E-state index contributed by atoms with van der Waals surface area (Å²) in [6.07, 6.45) is 26.7. The van der Waals surface area contributed by atoms with Gasteiger partial charge in [-0.15, -0.1) is 0 Å². The Balaban J connectivity index is 3.71. The molecule has 0 fully saturated rings. The van der Waals surface area contributed by atoms with Crippen LogP contribution in [0.15, 0.2) is 48.6 Å². The Bertz CT molecular complexity index is 521. The molecule has 0 aliphatic heterocycles. The van der Waals surface area contributed by atoms with Crippen LogP contribution in [0.2, 0.25) is 0 Å². The predicted molar refractivity (Wildman–Crippen MR) is 130 cm³/mol. The van der Waals surface area contributed by atoms with E-state index >= 15 is 0 Å². The van der Waals surface area contributed by atoms with Crippen molar-refractivity contribution in [2.45, 2.75) is 84.6 Å². The molecule has 0 spiro atoms. The zero-order valence-electron chi connectivity index (χ0n) is 18.7. The lowest BCUT2D eigenvalue weighted by Crippen LogP contribution is -2.34. The van der Waals surface area contributed by atoms with Gasteiger partial charge in [0.05, 0.1) is 6.61 Å². The van der Waals surface area contributed by atoms with Crippen LogP contribution in [0.5, 0.6) is 0 Å². The van der Waals surface area contributed by atoms with Gasteiger partial charge in [0.25, 0.3) is 0 Å². The van der Waals surface area contributed by atoms with Crippen molar-refractivity contribution in [1.82, 2.24) is 5.32 Å². The van der Waals surface area contributed by atoms with Crippen LogP contribution in [0.3, 0.4) is 0 Å². The van der Waals surface area contributed by atoms with Crippen molar-refractivity contribution in [1.29, 1.82) is 0 Å². The van der Waals surface area contributed by atoms with E-state index in [4.69, 9.17) is 5.11 Å². The molecule has 0 bridgehead atoms. The minimum atomic E-state index is -0.158. The lowest BCUT2D eigenvalue weighted by Gasteiger charge is -2.19. The largest absolute Gasteiger partial charge is 0.394 e. The van der Waals surface area contributed by atoms with Gasteiger partial charge in [-0.05, 0) is 57.3 Å². The fraction of sp³-hybridized carbons (Fsp3) is 0.640. The van der Waals surface area contributed by atoms with Crippen LogP contribution in [0.4, 0.5) is 0 Å². The molecule has 0 aliphatic carbocycles. The molecule has 0 unspecified atom stereocenters. The average Bonchev–Trinajstić information content (AvgIpc) is 2.68. The smallest absolute Gasteiger partial charge is 0.220 e. The Hall–Kier alpha value is -1.13. The van der Waals surface area contributed by atoms with Crippen LogP contribution < -0.4 is 5.32 Å². The Morgan fingerprint density at radius 3 is 2.14 bits per heavy atom. The number of rotatable bonds is 17. The van der Waals surface area contributed by atoms with Crippen molar-refractivity contribution in [3.63, 3.8) is 0 Å². The molecule has 0 rings (SSSR count). The SMILES string of the molecule is C[C@H](CO)NC(=O)CCCC=CCC=CCC=CCC=CC(C)(C)CCCCBr. The summed E-state index contributed by atoms with van der Waals surface area (Å²) in [6, 6.07) is -0.158. The van der Waals surface area contributed by atoms with E-state index in [1.54, 1.807) is 6.92 Å². The molecule has 4 heteroatoms. The number of amides is 1. The number of halogens is 1. The maximum Gasteiger partial charge on any atom is 0.220 e. The zero-order valence-corrected chi connectivity index (χ0v) is 20.3. The van der Waals surface area contributed by atoms with Crippen molar-refractivity contribution in [2.75, 3.05) is 11.9 Å². The summed E-state index contributed by atoms with van der Waals surface area (Å²) in [4.78, 5) is 11.5. The second-order valence-electron chi connectivity index (χ2n) is 8.20. The highest BCUT2D eigenvalue weighted by Gasteiger charge is 2.12. The van der Waals surface area contributed by atoms with Crippen LogP contribution in [0.1, 0.15) is 78.6 Å². The number of aliphatic hydroxyl groups is 1. The third-order valence-electron chi connectivity index (χ3n) is 4.55. The number of aliphatic hydroxyl groups excluding tert-OH is 1. The number of hydrogen-bond acceptors (Lipinski definition) is 2. The minimum Gasteiger partial charge on any atom is -0.394 e. The van der Waals surface area contributed by atoms with Gasteiger partial charge < -0.3 is 10.4 Å². The minimum absolute atomic E-state index is 0.0136. The topological polar surface area (TPSA) is 49.3 Å². The maximum absolute atomic E-state index is 11.5. The summed E-state index contributed by atoms with van der Waals surface area (Å²) in [6.45, 7) is 6.40. The number of unbranched alkanes of at least 4 members (excludes halogenated alkanes) is 2. The Labute approximate surface area is 187 Å². The maximum atomic E-state index is 11.5. The summed E-state index contributed by atoms with van der Waals surface area (Å²) in [5.41, 5.74) is 0.296. The number of allylic oxidation sites excluding steroid dienone is 8. The van der Waals surface area contributed by atoms with Crippen LogP contribution in [-0.2, 0) is 4.79 Å². The molecule has 0 radical (unpaired) electrons. The van der Waals surface area contributed by atoms with E-state index in [-0.39, 0.29) is 18.6 Å². The van der Waals surface area contributed by atoms with E-state index in [0.29, 0.717) is 11.8 Å². The number of carbonyl (C=O) groups excluding carboxylic acids is 1. The molecular weight excluding hydrogens is 426 g/mol. The lowest BCUT2D eigenvalue weighted by molar-refractivity contribution is -0.122. The van der Waals surface area contributed by atoms with Crippen LogP contribution >= 0.6 is 15.9 Å². The molecule has 166 valence electrons. The third kappa shape index (κ3) is 19.9. The average molecular weight is 469 g/mol. The van der Waals surface area contributed by atoms with Gasteiger partial charge in [-0.25, -0.2) is 0 Å². The molecule has 0 aromatic rings. The molecule has 29 heavy (non-hydrogen) atoms. The Kier molecular flexibility index (Phi) is 18.1. The first-order chi connectivity index (χ1) is 13.9. The van der Waals surface area contributed by atoms with E-state index in [1.165, 1.54) is 19.3 Å². The van der Waals surface area contributed by atoms with E-state index in [0.717, 1.165) is 37.4 Å². The summed E-state index contributed by atoms with van der Waals surface area (Å²) in [5, 5.41) is 12.7. The van der Waals surface area contributed by atoms with Crippen molar-refractivity contribution in [2.24, 2.45) is 5.41 Å². The van der Waals surface area contributed by atoms with Crippen LogP contribution in [-0.4, -0.2) is 29.0 Å². The lowest BCUT2D eigenvalue weighted by atomic mass is 9.87. The molecule has 0 aromatic heterocycles. The van der Waals surface area contributed by atoms with Gasteiger partial charge in [-0.2, -0.15) is 0 Å². The number of carbonyl (C=O) groups is 1. The van der Waals surface area contributed by atoms with Crippen molar-refractivity contribution in [3.05, 3.63) is 48.6 Å². The summed E-state index contributed by atoms with van der Waals surface area (Å²) < 4.78 is 0. The summed E-state index contributed by atoms with van der Waals surface area (Å²) in [7, 11) is 0. The fourth-order valence-electron chi connectivity index (χ4n) is 2.75. The second-order valence-corrected chi connectivity index (χ2v) is 8.99. The first-order valence-electron chi connectivity index (χ1n) is 11.0. The first-order valence-corrected chi connectivity index (χ1v) is 12.1. The summed E-state index contributed by atoms with van der Waals surface area (Å²) in [5.74, 6) is 0.0136. The quantitative estimate of drug-likeness (QED) is 0.143. The van der Waals surface area contributed by atoms with E-state index in [2.05, 4.69) is 83.7 Å². The number of nitrogens with one attached hydrogen (secondary N) is 1. The Morgan fingerprint density at radius 1 is 0.966 bits per heavy atom. The second kappa shape index (κ2) is 18.9. The Morgan fingerprint density at radius 2 is 1.55 bits per heavy atom. The van der Waals surface area contributed by atoms with E-state index in [9.17, 15) is 4.79 Å². The fourth-order valence-corrected chi connectivity index (χ4v) is 3.15. The molecule has 3 nitrogen and oxygen atoms in total. The molecule has 0 heterocycles. The molecule has 1 atom stereocenters. The first kappa shape index (κ1) is 27.9. The highest BCUT2D eigenvalue weighted by molar-refractivity contribution is 9.09. The normalized spacial score (nSPS) is 14.0. The molecular formula is C25H42BrNO2. The van der Waals surface area contributed by atoms with Crippen LogP contribution in [0.25, 0.3) is 0 Å². The number of alkyl halides is 1. The third-order valence-corrected chi connectivity index (χ3v) is 5.11. The standard InChI is InChI=1S/C25H42BrNO2/c1-23(22-28)27-24(29)18-14-12-10-8-6-4-5-7-9-11-13-15-19-25(2,3)20-16-17-21-26/h4-5,8-11,15,19,23,28H,6-7,12-14,16-18,20-22H2,1-3H3,(H,27,29)/t23-/m1/s1. The van der Waals surface area contributed by atoms with Gasteiger partial charge in [-0.3, -0.25) is 4.79 Å². The van der Waals surface area contributed by atoms with E-state index < -0.39 is 0 Å². The monoisotopic (exact) mass is 467 g/mol. The highest BCUT2D eigenvalue weighted by Crippen LogP contribution is 2.25. The molecule has 1 amide bonds. The molecule has 0 aromatic carbocycles. The van der Waals surface area contributed by atoms with Gasteiger partial charge in [0.1, 0.15) is 0 Å².